The van der Waals surface area contributed by atoms with Crippen molar-refractivity contribution in [3.05, 3.63) is 47.3 Å². The number of amides is 2. The van der Waals surface area contributed by atoms with Gasteiger partial charge in [0.15, 0.2) is 5.69 Å². The minimum Gasteiger partial charge on any atom is -0.444 e. The Hall–Kier alpha value is -3.04. The summed E-state index contributed by atoms with van der Waals surface area (Å²) in [7, 11) is 1.61. The summed E-state index contributed by atoms with van der Waals surface area (Å²) in [4.78, 5) is 28.4. The Labute approximate surface area is 197 Å². The van der Waals surface area contributed by atoms with Crippen LogP contribution in [0.2, 0.25) is 0 Å². The minimum absolute atomic E-state index is 0.0732. The highest BCUT2D eigenvalue weighted by Gasteiger charge is 2.42. The first kappa shape index (κ1) is 25.6. The Morgan fingerprint density at radius 3 is 2.50 bits per heavy atom. The average molecular weight is 481 g/mol. The third-order valence-corrected chi connectivity index (χ3v) is 5.66. The van der Waals surface area contributed by atoms with Gasteiger partial charge in [0, 0.05) is 26.7 Å². The lowest BCUT2D eigenvalue weighted by Crippen LogP contribution is -2.45. The molecule has 10 heteroatoms. The van der Waals surface area contributed by atoms with Crippen LogP contribution in [0.5, 0.6) is 0 Å². The van der Waals surface area contributed by atoms with Gasteiger partial charge in [0.1, 0.15) is 5.60 Å². The van der Waals surface area contributed by atoms with Crippen molar-refractivity contribution in [1.82, 2.24) is 19.6 Å². The SMILES string of the molecule is Cc1ccccc1-n1ncc(C(=O)N2CCCC(CN(C)C(=O)OC(C)(C)C)C2)c1C(F)(F)F. The monoisotopic (exact) mass is 480 g/mol. The van der Waals surface area contributed by atoms with Gasteiger partial charge in [-0.2, -0.15) is 18.3 Å². The Kier molecular flexibility index (Phi) is 7.28. The molecule has 0 N–H and O–H groups in total. The molecular weight excluding hydrogens is 449 g/mol. The molecule has 34 heavy (non-hydrogen) atoms. The van der Waals surface area contributed by atoms with E-state index in [1.807, 2.05) is 0 Å². The lowest BCUT2D eigenvalue weighted by atomic mass is 9.97. The van der Waals surface area contributed by atoms with E-state index in [4.69, 9.17) is 4.74 Å². The number of carbonyl (C=O) groups excluding carboxylic acids is 2. The van der Waals surface area contributed by atoms with Gasteiger partial charge in [0.25, 0.3) is 5.91 Å². The second-order valence-electron chi connectivity index (χ2n) is 9.72. The molecule has 1 atom stereocenters. The van der Waals surface area contributed by atoms with Crippen LogP contribution < -0.4 is 0 Å². The highest BCUT2D eigenvalue weighted by atomic mass is 19.4. The van der Waals surface area contributed by atoms with Gasteiger partial charge in [0.2, 0.25) is 0 Å². The maximum absolute atomic E-state index is 14.1. The molecule has 1 unspecified atom stereocenters. The second-order valence-corrected chi connectivity index (χ2v) is 9.72. The van der Waals surface area contributed by atoms with E-state index in [-0.39, 0.29) is 18.2 Å². The molecular formula is C24H31F3N4O3. The van der Waals surface area contributed by atoms with Crippen LogP contribution in [-0.2, 0) is 10.9 Å². The molecule has 1 aliphatic heterocycles. The van der Waals surface area contributed by atoms with Gasteiger partial charge in [-0.05, 0) is 58.1 Å². The molecule has 0 aliphatic carbocycles. The summed E-state index contributed by atoms with van der Waals surface area (Å²) in [5, 5.41) is 3.93. The van der Waals surface area contributed by atoms with Crippen molar-refractivity contribution in [1.29, 1.82) is 0 Å². The molecule has 186 valence electrons. The summed E-state index contributed by atoms with van der Waals surface area (Å²) in [6.45, 7) is 7.94. The third kappa shape index (κ3) is 5.90. The van der Waals surface area contributed by atoms with Crippen molar-refractivity contribution >= 4 is 12.0 Å². The number of piperidine rings is 1. The smallest absolute Gasteiger partial charge is 0.434 e. The molecule has 2 amide bonds. The molecule has 1 aromatic heterocycles. The maximum atomic E-state index is 14.1. The quantitative estimate of drug-likeness (QED) is 0.623. The van der Waals surface area contributed by atoms with Crippen LogP contribution in [0.15, 0.2) is 30.5 Å². The normalized spacial score (nSPS) is 16.9. The molecule has 3 rings (SSSR count). The lowest BCUT2D eigenvalue weighted by Gasteiger charge is -2.35. The largest absolute Gasteiger partial charge is 0.444 e. The molecule has 2 aromatic rings. The molecule has 0 saturated carbocycles. The van der Waals surface area contributed by atoms with Crippen molar-refractivity contribution in [2.24, 2.45) is 5.92 Å². The van der Waals surface area contributed by atoms with Crippen LogP contribution in [0.4, 0.5) is 18.0 Å². The standard InChI is InChI=1S/C24H31F3N4O3/c1-16-9-6-7-11-19(16)31-20(24(25,26)27)18(13-28-31)21(32)30-12-8-10-17(15-30)14-29(5)22(33)34-23(2,3)4/h6-7,9,11,13,17H,8,10,12,14-15H2,1-5H3. The predicted octanol–water partition coefficient (Wildman–Crippen LogP) is 4.92. The van der Waals surface area contributed by atoms with Crippen molar-refractivity contribution in [3.8, 4) is 5.69 Å². The van der Waals surface area contributed by atoms with Crippen LogP contribution >= 0.6 is 0 Å². The van der Waals surface area contributed by atoms with Gasteiger partial charge < -0.3 is 14.5 Å². The van der Waals surface area contributed by atoms with E-state index in [1.54, 1.807) is 52.9 Å². The summed E-state index contributed by atoms with van der Waals surface area (Å²) in [5.74, 6) is -0.784. The average Bonchev–Trinajstić information content (AvgIpc) is 3.18. The number of hydrogen-bond donors (Lipinski definition) is 0. The van der Waals surface area contributed by atoms with Crippen molar-refractivity contribution < 1.29 is 27.5 Å². The van der Waals surface area contributed by atoms with Crippen molar-refractivity contribution in [3.63, 3.8) is 0 Å². The molecule has 1 fully saturated rings. The van der Waals surface area contributed by atoms with E-state index in [9.17, 15) is 22.8 Å². The van der Waals surface area contributed by atoms with Gasteiger partial charge in [-0.25, -0.2) is 9.48 Å². The van der Waals surface area contributed by atoms with Crippen LogP contribution in [0.25, 0.3) is 5.69 Å². The number of rotatable bonds is 4. The van der Waals surface area contributed by atoms with Gasteiger partial charge >= 0.3 is 12.3 Å². The van der Waals surface area contributed by atoms with Crippen LogP contribution in [0.1, 0.15) is 55.2 Å². The number of aromatic nitrogens is 2. The molecule has 7 nitrogen and oxygen atoms in total. The number of alkyl halides is 3. The fraction of sp³-hybridized carbons (Fsp3) is 0.542. The molecule has 1 saturated heterocycles. The van der Waals surface area contributed by atoms with Crippen LogP contribution in [-0.4, -0.2) is 63.9 Å². The summed E-state index contributed by atoms with van der Waals surface area (Å²) in [6.07, 6.45) is -2.86. The number of ether oxygens (including phenoxy) is 1. The topological polar surface area (TPSA) is 67.7 Å². The highest BCUT2D eigenvalue weighted by molar-refractivity contribution is 5.95. The summed E-state index contributed by atoms with van der Waals surface area (Å²) >= 11 is 0. The second kappa shape index (κ2) is 9.68. The summed E-state index contributed by atoms with van der Waals surface area (Å²) in [5.41, 5.74) is -1.31. The van der Waals surface area contributed by atoms with E-state index in [2.05, 4.69) is 5.10 Å². The number of likely N-dealkylation sites (tertiary alicyclic amines) is 1. The Balaban J connectivity index is 1.80. The maximum Gasteiger partial charge on any atom is 0.434 e. The first-order chi connectivity index (χ1) is 15.8. The molecule has 1 aromatic carbocycles. The highest BCUT2D eigenvalue weighted by Crippen LogP contribution is 2.35. The third-order valence-electron chi connectivity index (χ3n) is 5.66. The van der Waals surface area contributed by atoms with Gasteiger partial charge in [0.05, 0.1) is 17.4 Å². The summed E-state index contributed by atoms with van der Waals surface area (Å²) < 4.78 is 48.4. The number of benzene rings is 1. The predicted molar refractivity (Wildman–Crippen MR) is 121 cm³/mol. The molecule has 0 radical (unpaired) electrons. The van der Waals surface area contributed by atoms with E-state index in [1.165, 1.54) is 15.9 Å². The Morgan fingerprint density at radius 1 is 1.21 bits per heavy atom. The van der Waals surface area contributed by atoms with Gasteiger partial charge in [-0.1, -0.05) is 18.2 Å². The zero-order valence-electron chi connectivity index (χ0n) is 20.1. The Bertz CT molecular complexity index is 1040. The molecule has 2 heterocycles. The van der Waals surface area contributed by atoms with Crippen LogP contribution in [0.3, 0.4) is 0 Å². The number of para-hydroxylation sites is 1. The van der Waals surface area contributed by atoms with E-state index >= 15 is 0 Å². The fourth-order valence-corrected chi connectivity index (χ4v) is 4.13. The zero-order valence-corrected chi connectivity index (χ0v) is 20.1. The number of nitrogens with zero attached hydrogens (tertiary/aromatic N) is 4. The molecule has 1 aliphatic rings. The van der Waals surface area contributed by atoms with E-state index < -0.39 is 35.0 Å². The first-order valence-corrected chi connectivity index (χ1v) is 11.2. The fourth-order valence-electron chi connectivity index (χ4n) is 4.13. The number of aryl methyl sites for hydroxylation is 1. The Morgan fingerprint density at radius 2 is 1.88 bits per heavy atom. The number of halogens is 3. The van der Waals surface area contributed by atoms with Crippen LogP contribution in [0, 0.1) is 12.8 Å². The number of carbonyl (C=O) groups is 2. The zero-order chi connectivity index (χ0) is 25.3. The first-order valence-electron chi connectivity index (χ1n) is 11.2. The molecule has 0 spiro atoms. The van der Waals surface area contributed by atoms with E-state index in [0.717, 1.165) is 17.3 Å². The van der Waals surface area contributed by atoms with Gasteiger partial charge in [-0.3, -0.25) is 4.79 Å². The minimum atomic E-state index is -4.77. The summed E-state index contributed by atoms with van der Waals surface area (Å²) in [6, 6.07) is 6.58. The van der Waals surface area contributed by atoms with Gasteiger partial charge in [-0.15, -0.1) is 0 Å². The molecule has 0 bridgehead atoms. The van der Waals surface area contributed by atoms with Crippen molar-refractivity contribution in [2.75, 3.05) is 26.7 Å². The van der Waals surface area contributed by atoms with E-state index in [0.29, 0.717) is 25.1 Å². The lowest BCUT2D eigenvalue weighted by molar-refractivity contribution is -0.143. The number of hydrogen-bond acceptors (Lipinski definition) is 4. The van der Waals surface area contributed by atoms with Crippen molar-refractivity contribution in [2.45, 2.75) is 52.3 Å².